The molecule has 4 heteroatoms. The van der Waals surface area contributed by atoms with Crippen molar-refractivity contribution in [1.29, 1.82) is 0 Å². The number of anilines is 1. The van der Waals surface area contributed by atoms with Crippen LogP contribution in [-0.4, -0.2) is 12.5 Å². The summed E-state index contributed by atoms with van der Waals surface area (Å²) in [7, 11) is 0. The highest BCUT2D eigenvalue weighted by Gasteiger charge is 2.06. The topological polar surface area (TPSA) is 55.1 Å². The van der Waals surface area contributed by atoms with E-state index in [1.807, 2.05) is 19.1 Å². The summed E-state index contributed by atoms with van der Waals surface area (Å²) in [5.41, 5.74) is 6.89. The Labute approximate surface area is 88.2 Å². The van der Waals surface area contributed by atoms with Gasteiger partial charge in [-0.1, -0.05) is 23.7 Å². The van der Waals surface area contributed by atoms with Gasteiger partial charge in [-0.15, -0.1) is 0 Å². The smallest absolute Gasteiger partial charge is 0.225 e. The molecule has 14 heavy (non-hydrogen) atoms. The lowest BCUT2D eigenvalue weighted by Gasteiger charge is -2.09. The molecule has 1 amide bonds. The van der Waals surface area contributed by atoms with Crippen molar-refractivity contribution >= 4 is 23.2 Å². The molecule has 0 heterocycles. The monoisotopic (exact) mass is 212 g/mol. The summed E-state index contributed by atoms with van der Waals surface area (Å²) < 4.78 is 0. The molecule has 0 aromatic heterocycles. The number of hydrogen-bond donors (Lipinski definition) is 2. The van der Waals surface area contributed by atoms with Crippen LogP contribution >= 0.6 is 11.6 Å². The van der Waals surface area contributed by atoms with E-state index in [0.29, 0.717) is 23.7 Å². The number of para-hydroxylation sites is 1. The number of halogens is 1. The first-order valence-electron chi connectivity index (χ1n) is 4.40. The SMILES string of the molecule is Cc1cccc(Cl)c1NC(=O)CCN. The lowest BCUT2D eigenvalue weighted by molar-refractivity contribution is -0.116. The van der Waals surface area contributed by atoms with E-state index in [-0.39, 0.29) is 5.91 Å². The summed E-state index contributed by atoms with van der Waals surface area (Å²) >= 11 is 5.93. The van der Waals surface area contributed by atoms with E-state index < -0.39 is 0 Å². The number of carbonyl (C=O) groups excluding carboxylic acids is 1. The molecular formula is C10H13ClN2O. The molecule has 0 aliphatic rings. The summed E-state index contributed by atoms with van der Waals surface area (Å²) in [5.74, 6) is -0.108. The molecule has 0 spiro atoms. The molecular weight excluding hydrogens is 200 g/mol. The van der Waals surface area contributed by atoms with Crippen LogP contribution in [0.4, 0.5) is 5.69 Å². The number of rotatable bonds is 3. The van der Waals surface area contributed by atoms with E-state index in [1.165, 1.54) is 0 Å². The van der Waals surface area contributed by atoms with Gasteiger partial charge < -0.3 is 11.1 Å². The minimum absolute atomic E-state index is 0.108. The van der Waals surface area contributed by atoms with Gasteiger partial charge in [0, 0.05) is 13.0 Å². The van der Waals surface area contributed by atoms with Gasteiger partial charge in [-0.2, -0.15) is 0 Å². The van der Waals surface area contributed by atoms with Crippen molar-refractivity contribution < 1.29 is 4.79 Å². The van der Waals surface area contributed by atoms with Gasteiger partial charge >= 0.3 is 0 Å². The number of nitrogens with one attached hydrogen (secondary N) is 1. The summed E-state index contributed by atoms with van der Waals surface area (Å²) in [5, 5.41) is 3.28. The Hall–Kier alpha value is -1.06. The Morgan fingerprint density at radius 3 is 2.86 bits per heavy atom. The number of carbonyl (C=O) groups is 1. The quantitative estimate of drug-likeness (QED) is 0.805. The van der Waals surface area contributed by atoms with Crippen molar-refractivity contribution in [2.45, 2.75) is 13.3 Å². The van der Waals surface area contributed by atoms with E-state index in [4.69, 9.17) is 17.3 Å². The van der Waals surface area contributed by atoms with Crippen LogP contribution in [0.25, 0.3) is 0 Å². The van der Waals surface area contributed by atoms with Gasteiger partial charge in [0.25, 0.3) is 0 Å². The Bertz CT molecular complexity index is 319. The van der Waals surface area contributed by atoms with Gasteiger partial charge in [-0.25, -0.2) is 0 Å². The highest BCUT2D eigenvalue weighted by atomic mass is 35.5. The van der Waals surface area contributed by atoms with Crippen LogP contribution < -0.4 is 11.1 Å². The molecule has 0 atom stereocenters. The van der Waals surface area contributed by atoms with Crippen molar-refractivity contribution in [1.82, 2.24) is 0 Å². The molecule has 3 N–H and O–H groups in total. The van der Waals surface area contributed by atoms with Crippen molar-refractivity contribution in [3.8, 4) is 0 Å². The summed E-state index contributed by atoms with van der Waals surface area (Å²) in [4.78, 5) is 11.3. The zero-order valence-corrected chi connectivity index (χ0v) is 8.77. The number of benzene rings is 1. The Morgan fingerprint density at radius 1 is 1.57 bits per heavy atom. The molecule has 0 radical (unpaired) electrons. The molecule has 3 nitrogen and oxygen atoms in total. The van der Waals surface area contributed by atoms with Crippen molar-refractivity contribution in [2.24, 2.45) is 5.73 Å². The second-order valence-corrected chi connectivity index (χ2v) is 3.43. The zero-order chi connectivity index (χ0) is 10.6. The molecule has 0 saturated carbocycles. The maximum atomic E-state index is 11.3. The third-order valence-electron chi connectivity index (χ3n) is 1.86. The molecule has 0 aliphatic heterocycles. The van der Waals surface area contributed by atoms with Crippen molar-refractivity contribution in [2.75, 3.05) is 11.9 Å². The first-order chi connectivity index (χ1) is 6.65. The van der Waals surface area contributed by atoms with Crippen LogP contribution in [0.15, 0.2) is 18.2 Å². The number of aryl methyl sites for hydroxylation is 1. The summed E-state index contributed by atoms with van der Waals surface area (Å²) in [6.07, 6.45) is 0.310. The van der Waals surface area contributed by atoms with Crippen LogP contribution in [0.5, 0.6) is 0 Å². The Kier molecular flexibility index (Phi) is 3.92. The van der Waals surface area contributed by atoms with Crippen LogP contribution in [0.1, 0.15) is 12.0 Å². The first-order valence-corrected chi connectivity index (χ1v) is 4.78. The van der Waals surface area contributed by atoms with E-state index in [9.17, 15) is 4.79 Å². The van der Waals surface area contributed by atoms with E-state index in [1.54, 1.807) is 6.07 Å². The fourth-order valence-electron chi connectivity index (χ4n) is 1.12. The molecule has 0 bridgehead atoms. The van der Waals surface area contributed by atoms with Crippen LogP contribution in [0.3, 0.4) is 0 Å². The average molecular weight is 213 g/mol. The van der Waals surface area contributed by atoms with Crippen molar-refractivity contribution in [3.05, 3.63) is 28.8 Å². The molecule has 1 rings (SSSR count). The predicted molar refractivity (Wildman–Crippen MR) is 58.5 cm³/mol. The third-order valence-corrected chi connectivity index (χ3v) is 2.17. The second kappa shape index (κ2) is 4.98. The van der Waals surface area contributed by atoms with Gasteiger partial charge in [0.2, 0.25) is 5.91 Å². The molecule has 0 unspecified atom stereocenters. The maximum absolute atomic E-state index is 11.3. The number of amides is 1. The highest BCUT2D eigenvalue weighted by Crippen LogP contribution is 2.25. The molecule has 76 valence electrons. The third kappa shape index (κ3) is 2.72. The van der Waals surface area contributed by atoms with E-state index in [0.717, 1.165) is 5.56 Å². The van der Waals surface area contributed by atoms with Crippen LogP contribution in [-0.2, 0) is 4.79 Å². The van der Waals surface area contributed by atoms with Gasteiger partial charge in [-0.3, -0.25) is 4.79 Å². The summed E-state index contributed by atoms with van der Waals surface area (Å²) in [6.45, 7) is 2.24. The van der Waals surface area contributed by atoms with Gasteiger partial charge in [-0.05, 0) is 18.6 Å². The predicted octanol–water partition coefficient (Wildman–Crippen LogP) is 1.94. The molecule has 1 aromatic rings. The highest BCUT2D eigenvalue weighted by molar-refractivity contribution is 6.33. The minimum Gasteiger partial charge on any atom is -0.330 e. The largest absolute Gasteiger partial charge is 0.330 e. The molecule has 1 aromatic carbocycles. The fraction of sp³-hybridized carbons (Fsp3) is 0.300. The summed E-state index contributed by atoms with van der Waals surface area (Å²) in [6, 6.07) is 5.48. The average Bonchev–Trinajstić information content (AvgIpc) is 2.12. The van der Waals surface area contributed by atoms with Crippen molar-refractivity contribution in [3.63, 3.8) is 0 Å². The van der Waals surface area contributed by atoms with Gasteiger partial charge in [0.1, 0.15) is 0 Å². The fourth-order valence-corrected chi connectivity index (χ4v) is 1.39. The zero-order valence-electron chi connectivity index (χ0n) is 8.01. The normalized spacial score (nSPS) is 9.93. The number of hydrogen-bond acceptors (Lipinski definition) is 2. The van der Waals surface area contributed by atoms with Crippen LogP contribution in [0.2, 0.25) is 5.02 Å². The minimum atomic E-state index is -0.108. The van der Waals surface area contributed by atoms with Gasteiger partial charge in [0.05, 0.1) is 10.7 Å². The standard InChI is InChI=1S/C10H13ClN2O/c1-7-3-2-4-8(11)10(7)13-9(14)5-6-12/h2-4H,5-6,12H2,1H3,(H,13,14). The lowest BCUT2D eigenvalue weighted by Crippen LogP contribution is -2.16. The maximum Gasteiger partial charge on any atom is 0.225 e. The Morgan fingerprint density at radius 2 is 2.29 bits per heavy atom. The van der Waals surface area contributed by atoms with Gasteiger partial charge in [0.15, 0.2) is 0 Å². The van der Waals surface area contributed by atoms with E-state index >= 15 is 0 Å². The molecule has 0 aliphatic carbocycles. The first kappa shape index (κ1) is 11.0. The lowest BCUT2D eigenvalue weighted by atomic mass is 10.2. The molecule has 0 fully saturated rings. The van der Waals surface area contributed by atoms with E-state index in [2.05, 4.69) is 5.32 Å². The Balaban J connectivity index is 2.80. The van der Waals surface area contributed by atoms with Crippen LogP contribution in [0, 0.1) is 6.92 Å². The number of nitrogens with two attached hydrogens (primary N) is 1. The second-order valence-electron chi connectivity index (χ2n) is 3.02. The molecule has 0 saturated heterocycles.